The molecule has 0 radical (unpaired) electrons. The molecule has 2 heterocycles. The standard InChI is InChI=1S/C25H32N2O3/c1-18-5-7-19(8-6-18)20-9-11-21(12-10-20)25-22-15-26(24(29)17-30-2)13-3-4-14-27(22)23(25)16-28/h5-12,22-23,25,28H,3-4,13-17H2,1-2H3/t22-,23+,25+/m1/s1. The summed E-state index contributed by atoms with van der Waals surface area (Å²) in [6.07, 6.45) is 2.04. The Hall–Kier alpha value is -2.21. The van der Waals surface area contributed by atoms with Gasteiger partial charge < -0.3 is 14.7 Å². The van der Waals surface area contributed by atoms with E-state index in [1.165, 1.54) is 22.3 Å². The third-order valence-corrected chi connectivity index (χ3v) is 6.67. The number of carbonyl (C=O) groups excluding carboxylic acids is 1. The van der Waals surface area contributed by atoms with Gasteiger partial charge in [0, 0.05) is 38.2 Å². The van der Waals surface area contributed by atoms with E-state index in [-0.39, 0.29) is 37.1 Å². The molecule has 0 bridgehead atoms. The summed E-state index contributed by atoms with van der Waals surface area (Å²) in [5.74, 6) is 0.290. The van der Waals surface area contributed by atoms with Crippen LogP contribution in [0.2, 0.25) is 0 Å². The van der Waals surface area contributed by atoms with Crippen molar-refractivity contribution in [2.75, 3.05) is 40.0 Å². The molecule has 0 unspecified atom stereocenters. The Kier molecular flexibility index (Phi) is 6.52. The first-order valence-corrected chi connectivity index (χ1v) is 10.9. The molecule has 0 aliphatic carbocycles. The summed E-state index contributed by atoms with van der Waals surface area (Å²) in [6.45, 7) is 4.84. The molecule has 2 aliphatic rings. The number of benzene rings is 2. The Labute approximate surface area is 179 Å². The minimum atomic E-state index is 0.0558. The molecular weight excluding hydrogens is 376 g/mol. The lowest BCUT2D eigenvalue weighted by Crippen LogP contribution is -2.68. The zero-order valence-electron chi connectivity index (χ0n) is 18.0. The van der Waals surface area contributed by atoms with Gasteiger partial charge in [0.15, 0.2) is 0 Å². The highest BCUT2D eigenvalue weighted by Gasteiger charge is 2.49. The molecule has 2 fully saturated rings. The van der Waals surface area contributed by atoms with E-state index in [4.69, 9.17) is 4.74 Å². The van der Waals surface area contributed by atoms with Crippen molar-refractivity contribution in [1.82, 2.24) is 9.80 Å². The number of nitrogens with zero attached hydrogens (tertiary/aromatic N) is 2. The van der Waals surface area contributed by atoms with Gasteiger partial charge in [-0.3, -0.25) is 9.69 Å². The lowest BCUT2D eigenvalue weighted by molar-refractivity contribution is -0.140. The quantitative estimate of drug-likeness (QED) is 0.826. The van der Waals surface area contributed by atoms with Gasteiger partial charge in [-0.05, 0) is 43.0 Å². The Morgan fingerprint density at radius 2 is 1.67 bits per heavy atom. The van der Waals surface area contributed by atoms with Gasteiger partial charge in [0.1, 0.15) is 6.61 Å². The molecule has 3 atom stereocenters. The average molecular weight is 409 g/mol. The average Bonchev–Trinajstić information content (AvgIpc) is 2.74. The smallest absolute Gasteiger partial charge is 0.248 e. The van der Waals surface area contributed by atoms with E-state index in [1.54, 1.807) is 7.11 Å². The fraction of sp³-hybridized carbons (Fsp3) is 0.480. The predicted molar refractivity (Wildman–Crippen MR) is 118 cm³/mol. The molecule has 30 heavy (non-hydrogen) atoms. The fourth-order valence-electron chi connectivity index (χ4n) is 5.03. The summed E-state index contributed by atoms with van der Waals surface area (Å²) in [7, 11) is 1.57. The topological polar surface area (TPSA) is 53.0 Å². The second-order valence-electron chi connectivity index (χ2n) is 8.55. The maximum absolute atomic E-state index is 12.5. The van der Waals surface area contributed by atoms with E-state index < -0.39 is 0 Å². The van der Waals surface area contributed by atoms with Crippen LogP contribution >= 0.6 is 0 Å². The van der Waals surface area contributed by atoms with Crippen LogP contribution in [-0.2, 0) is 9.53 Å². The summed E-state index contributed by atoms with van der Waals surface area (Å²) in [5.41, 5.74) is 4.91. The lowest BCUT2D eigenvalue weighted by atomic mass is 9.74. The highest BCUT2D eigenvalue weighted by molar-refractivity contribution is 5.77. The van der Waals surface area contributed by atoms with Crippen molar-refractivity contribution >= 4 is 5.91 Å². The first kappa shape index (κ1) is 21.0. The van der Waals surface area contributed by atoms with Crippen LogP contribution in [0.5, 0.6) is 0 Å². The monoisotopic (exact) mass is 408 g/mol. The van der Waals surface area contributed by atoms with Gasteiger partial charge in [-0.2, -0.15) is 0 Å². The Morgan fingerprint density at radius 3 is 2.30 bits per heavy atom. The van der Waals surface area contributed by atoms with Gasteiger partial charge in [0.2, 0.25) is 5.91 Å². The van der Waals surface area contributed by atoms with Gasteiger partial charge in [0.25, 0.3) is 0 Å². The number of fused-ring (bicyclic) bond motifs is 1. The number of amides is 1. The maximum Gasteiger partial charge on any atom is 0.248 e. The van der Waals surface area contributed by atoms with Gasteiger partial charge in [-0.25, -0.2) is 0 Å². The van der Waals surface area contributed by atoms with Crippen LogP contribution in [0.15, 0.2) is 48.5 Å². The fourth-order valence-corrected chi connectivity index (χ4v) is 5.03. The van der Waals surface area contributed by atoms with Crippen LogP contribution in [0.25, 0.3) is 11.1 Å². The number of hydrogen-bond acceptors (Lipinski definition) is 4. The first-order valence-electron chi connectivity index (χ1n) is 10.9. The van der Waals surface area contributed by atoms with Crippen molar-refractivity contribution in [1.29, 1.82) is 0 Å². The lowest BCUT2D eigenvalue weighted by Gasteiger charge is -2.57. The highest BCUT2D eigenvalue weighted by atomic mass is 16.5. The van der Waals surface area contributed by atoms with Gasteiger partial charge >= 0.3 is 0 Å². The Bertz CT molecular complexity index is 850. The van der Waals surface area contributed by atoms with Crippen molar-refractivity contribution in [3.05, 3.63) is 59.7 Å². The molecule has 2 aromatic carbocycles. The summed E-state index contributed by atoms with van der Waals surface area (Å²) >= 11 is 0. The molecule has 1 N–H and O–H groups in total. The van der Waals surface area contributed by atoms with Crippen LogP contribution in [0.4, 0.5) is 0 Å². The molecule has 5 nitrogen and oxygen atoms in total. The molecule has 4 rings (SSSR count). The highest BCUT2D eigenvalue weighted by Crippen LogP contribution is 2.42. The molecule has 0 saturated carbocycles. The van der Waals surface area contributed by atoms with Crippen molar-refractivity contribution in [3.63, 3.8) is 0 Å². The van der Waals surface area contributed by atoms with Crippen LogP contribution in [-0.4, -0.2) is 72.9 Å². The SMILES string of the molecule is COCC(=O)N1CCCCN2[C@H](C1)[C@H](c1ccc(-c3ccc(C)cc3)cc1)[C@@H]2CO. The molecule has 160 valence electrons. The summed E-state index contributed by atoms with van der Waals surface area (Å²) in [6, 6.07) is 17.7. The largest absolute Gasteiger partial charge is 0.395 e. The number of carbonyl (C=O) groups is 1. The van der Waals surface area contributed by atoms with Crippen LogP contribution in [0.1, 0.15) is 29.9 Å². The normalized spacial score (nSPS) is 24.5. The Balaban J connectivity index is 1.55. The van der Waals surface area contributed by atoms with Crippen molar-refractivity contribution in [3.8, 4) is 11.1 Å². The molecule has 2 saturated heterocycles. The van der Waals surface area contributed by atoms with Crippen LogP contribution < -0.4 is 0 Å². The summed E-state index contributed by atoms with van der Waals surface area (Å²) in [4.78, 5) is 16.8. The number of hydrogen-bond donors (Lipinski definition) is 1. The second kappa shape index (κ2) is 9.29. The third kappa shape index (κ3) is 4.15. The number of rotatable bonds is 5. The molecular formula is C25H32N2O3. The zero-order chi connectivity index (χ0) is 21.1. The summed E-state index contributed by atoms with van der Waals surface area (Å²) in [5, 5.41) is 10.1. The number of ether oxygens (including phenoxy) is 1. The van der Waals surface area contributed by atoms with E-state index >= 15 is 0 Å². The second-order valence-corrected chi connectivity index (χ2v) is 8.55. The molecule has 1 amide bonds. The molecule has 2 aliphatic heterocycles. The van der Waals surface area contributed by atoms with E-state index in [0.29, 0.717) is 6.54 Å². The first-order chi connectivity index (χ1) is 14.6. The van der Waals surface area contributed by atoms with Crippen LogP contribution in [0, 0.1) is 6.92 Å². The number of aryl methyl sites for hydroxylation is 1. The summed E-state index contributed by atoms with van der Waals surface area (Å²) < 4.78 is 5.08. The van der Waals surface area contributed by atoms with E-state index in [1.807, 2.05) is 4.90 Å². The Morgan fingerprint density at radius 1 is 1.03 bits per heavy atom. The molecule has 0 spiro atoms. The van der Waals surface area contributed by atoms with E-state index in [0.717, 1.165) is 25.9 Å². The van der Waals surface area contributed by atoms with Crippen molar-refractivity contribution < 1.29 is 14.6 Å². The maximum atomic E-state index is 12.5. The third-order valence-electron chi connectivity index (χ3n) is 6.67. The molecule has 2 aromatic rings. The van der Waals surface area contributed by atoms with Crippen LogP contribution in [0.3, 0.4) is 0 Å². The van der Waals surface area contributed by atoms with E-state index in [2.05, 4.69) is 60.4 Å². The van der Waals surface area contributed by atoms with Gasteiger partial charge in [-0.1, -0.05) is 54.1 Å². The van der Waals surface area contributed by atoms with Gasteiger partial charge in [0.05, 0.1) is 6.61 Å². The number of aliphatic hydroxyl groups is 1. The van der Waals surface area contributed by atoms with Crippen molar-refractivity contribution in [2.45, 2.75) is 37.8 Å². The molecule has 0 aromatic heterocycles. The zero-order valence-corrected chi connectivity index (χ0v) is 18.0. The molecule has 5 heteroatoms. The minimum absolute atomic E-state index is 0.0558. The predicted octanol–water partition coefficient (Wildman–Crippen LogP) is 3.06. The minimum Gasteiger partial charge on any atom is -0.395 e. The van der Waals surface area contributed by atoms with Crippen molar-refractivity contribution in [2.24, 2.45) is 0 Å². The number of aliphatic hydroxyl groups excluding tert-OH is 1. The van der Waals surface area contributed by atoms with E-state index in [9.17, 15) is 9.90 Å². The number of methoxy groups -OCH3 is 1. The van der Waals surface area contributed by atoms with Gasteiger partial charge in [-0.15, -0.1) is 0 Å².